The molecule has 0 spiro atoms. The molecule has 4 nitrogen and oxygen atoms in total. The minimum Gasteiger partial charge on any atom is -0.456 e. The second-order valence-corrected chi connectivity index (χ2v) is 30.5. The van der Waals surface area contributed by atoms with Crippen LogP contribution in [-0.4, -0.2) is 12.8 Å². The zero-order valence-corrected chi connectivity index (χ0v) is 53.8. The van der Waals surface area contributed by atoms with E-state index >= 15 is 0 Å². The average Bonchev–Trinajstić information content (AvgIpc) is 1.38. The monoisotopic (exact) mass is 1150 g/mol. The van der Waals surface area contributed by atoms with Crippen LogP contribution in [0.4, 0.5) is 22.7 Å². The van der Waals surface area contributed by atoms with Gasteiger partial charge in [-0.3, -0.25) is 0 Å². The molecule has 0 bridgehead atoms. The van der Waals surface area contributed by atoms with Crippen LogP contribution in [0.5, 0.6) is 0 Å². The third-order valence-corrected chi connectivity index (χ3v) is 20.4. The lowest BCUT2D eigenvalue weighted by atomic mass is 9.37. The van der Waals surface area contributed by atoms with Crippen molar-refractivity contribution < 1.29 is 4.42 Å². The van der Waals surface area contributed by atoms with Crippen molar-refractivity contribution in [3.05, 3.63) is 286 Å². The first-order valence-corrected chi connectivity index (χ1v) is 32.4. The van der Waals surface area contributed by atoms with Crippen molar-refractivity contribution >= 4 is 51.5 Å². The smallest absolute Gasteiger partial charge is 0.241 e. The highest BCUT2D eigenvalue weighted by Gasteiger charge is 2.42. The van der Waals surface area contributed by atoms with Crippen LogP contribution >= 0.6 is 0 Å². The molecule has 5 heteroatoms. The highest BCUT2D eigenvalue weighted by molar-refractivity contribution is 6.87. The number of fused-ring (bicyclic) bond motifs is 8. The summed E-state index contributed by atoms with van der Waals surface area (Å²) in [7, 11) is 0. The standard InChI is InChI=1S/C83H86BN3O/c1-14-56(78-42-57-20-15-18-24-77(57)88-78)37-55-25-30-66(31-26-55)86(68-33-34-70-69-22-16-17-23-71(69)83(12,13)72(70)43-68)54(3)36-75-74(52-85-65-29-27-59-46-80(6,7)48-61(59)38-65)84(35-19-21-58-45-79(4,5)44-53(58)2)73-40-63-50-82(10,11)51-64(63)41-76(73)87(75)67-32-28-60-47-81(8,9)49-62(60)39-67/h14-30,32-43,52,66,85H,1-3,31,44-51H2,4-13H3/b35-19+,56-37+,58-21-,74-52-,75-36?. The van der Waals surface area contributed by atoms with Crippen molar-refractivity contribution in [1.29, 1.82) is 0 Å². The van der Waals surface area contributed by atoms with E-state index < -0.39 is 0 Å². The molecule has 0 saturated heterocycles. The number of benzene rings is 6. The second-order valence-electron chi connectivity index (χ2n) is 30.5. The molecule has 1 aromatic heterocycles. The Balaban J connectivity index is 0.965. The summed E-state index contributed by atoms with van der Waals surface area (Å²) in [6, 6.07) is 46.0. The summed E-state index contributed by atoms with van der Waals surface area (Å²) >= 11 is 0. The lowest BCUT2D eigenvalue weighted by Crippen LogP contribution is -2.45. The molecule has 14 rings (SSSR count). The Bertz CT molecular complexity index is 4300. The number of para-hydroxylation sites is 1. The molecule has 1 unspecified atom stereocenters. The van der Waals surface area contributed by atoms with Gasteiger partial charge in [0.2, 0.25) is 6.71 Å². The highest BCUT2D eigenvalue weighted by atomic mass is 16.3. The first-order valence-electron chi connectivity index (χ1n) is 32.4. The zero-order chi connectivity index (χ0) is 61.2. The molecule has 2 heterocycles. The molecule has 88 heavy (non-hydrogen) atoms. The zero-order valence-electron chi connectivity index (χ0n) is 53.8. The summed E-state index contributed by atoms with van der Waals surface area (Å²) in [4.78, 5) is 5.14. The van der Waals surface area contributed by atoms with Gasteiger partial charge < -0.3 is 19.5 Å². The molecule has 7 aromatic rings. The van der Waals surface area contributed by atoms with Crippen molar-refractivity contribution in [1.82, 2.24) is 0 Å². The van der Waals surface area contributed by atoms with E-state index in [4.69, 9.17) is 11.0 Å². The van der Waals surface area contributed by atoms with Gasteiger partial charge in [0.1, 0.15) is 11.3 Å². The predicted octanol–water partition coefficient (Wildman–Crippen LogP) is 20.3. The normalized spacial score (nSPS) is 21.9. The first kappa shape index (κ1) is 57.5. The maximum Gasteiger partial charge on any atom is 0.241 e. The lowest BCUT2D eigenvalue weighted by molar-refractivity contribution is 0.392. The summed E-state index contributed by atoms with van der Waals surface area (Å²) in [5, 5.41) is 5.09. The van der Waals surface area contributed by atoms with Gasteiger partial charge in [-0.2, -0.15) is 0 Å². The Labute approximate surface area is 525 Å². The summed E-state index contributed by atoms with van der Waals surface area (Å²) in [5.74, 6) is 3.30. The number of nitrogens with zero attached hydrogens (tertiary/aromatic N) is 2. The summed E-state index contributed by atoms with van der Waals surface area (Å²) < 4.78 is 6.38. The minimum atomic E-state index is -0.198. The van der Waals surface area contributed by atoms with E-state index in [1.54, 1.807) is 0 Å². The van der Waals surface area contributed by atoms with E-state index in [0.717, 1.165) is 108 Å². The molecule has 1 fully saturated rings. The molecular formula is C83H86BN3O. The van der Waals surface area contributed by atoms with E-state index in [1.165, 1.54) is 89.1 Å². The average molecular weight is 1150 g/mol. The van der Waals surface area contributed by atoms with E-state index in [0.29, 0.717) is 0 Å². The molecule has 1 saturated carbocycles. The molecule has 6 aliphatic carbocycles. The lowest BCUT2D eigenvalue weighted by Gasteiger charge is -2.40. The quantitative estimate of drug-likeness (QED) is 0.0976. The molecule has 1 atom stereocenters. The van der Waals surface area contributed by atoms with Crippen LogP contribution in [0.15, 0.2) is 240 Å². The Morgan fingerprint density at radius 2 is 1.33 bits per heavy atom. The Morgan fingerprint density at radius 3 is 2.03 bits per heavy atom. The fourth-order valence-electron chi connectivity index (χ4n) is 16.4. The second kappa shape index (κ2) is 21.2. The van der Waals surface area contributed by atoms with Gasteiger partial charge in [-0.05, 0) is 230 Å². The molecule has 442 valence electrons. The molecule has 6 aromatic carbocycles. The van der Waals surface area contributed by atoms with Gasteiger partial charge in [-0.1, -0.05) is 198 Å². The Kier molecular flexibility index (Phi) is 13.9. The van der Waals surface area contributed by atoms with Crippen LogP contribution in [0.2, 0.25) is 0 Å². The fraction of sp³-hybridized carbons (Fsp3) is 0.301. The van der Waals surface area contributed by atoms with Gasteiger partial charge in [-0.15, -0.1) is 5.98 Å². The summed E-state index contributed by atoms with van der Waals surface area (Å²) in [6.07, 6.45) is 29.8. The van der Waals surface area contributed by atoms with Gasteiger partial charge >= 0.3 is 0 Å². The van der Waals surface area contributed by atoms with Crippen molar-refractivity contribution in [3.63, 3.8) is 0 Å². The Hall–Kier alpha value is -8.28. The van der Waals surface area contributed by atoms with Gasteiger partial charge in [0.05, 0.1) is 6.04 Å². The van der Waals surface area contributed by atoms with Crippen molar-refractivity contribution in [3.8, 4) is 11.1 Å². The number of rotatable bonds is 12. The first-order chi connectivity index (χ1) is 42.0. The number of hydrogen-bond acceptors (Lipinski definition) is 4. The third-order valence-electron chi connectivity index (χ3n) is 20.4. The topological polar surface area (TPSA) is 31.6 Å². The SMILES string of the molecule is C=C/C(=C\C1=CCC(N(C(=C)C=C2/C(=C/Nc3ccc4c(c3)CC(C)(C)C4)B(/C=C/C=C3/CC(C)(C)CC3=C)c3cc4c(cc3N2c2ccc3c(c2)CC(C)(C)C3)CC(C)(C)C4)c2ccc3c(c2)C(C)(C)c2ccccc2-3)C=C1)c1cc2ccccc2o1. The highest BCUT2D eigenvalue weighted by Crippen LogP contribution is 2.52. The van der Waals surface area contributed by atoms with Gasteiger partial charge in [0.25, 0.3) is 0 Å². The molecular weight excluding hydrogens is 1070 g/mol. The van der Waals surface area contributed by atoms with Gasteiger partial charge in [-0.25, -0.2) is 0 Å². The van der Waals surface area contributed by atoms with Crippen LogP contribution in [0.3, 0.4) is 0 Å². The van der Waals surface area contributed by atoms with Crippen LogP contribution in [-0.2, 0) is 43.9 Å². The maximum atomic E-state index is 6.38. The van der Waals surface area contributed by atoms with Crippen molar-refractivity contribution in [2.45, 2.75) is 138 Å². The van der Waals surface area contributed by atoms with Crippen molar-refractivity contribution in [2.75, 3.05) is 15.1 Å². The molecule has 1 N–H and O–H groups in total. The van der Waals surface area contributed by atoms with Crippen LogP contribution in [0, 0.1) is 21.7 Å². The van der Waals surface area contributed by atoms with E-state index in [1.807, 2.05) is 18.2 Å². The largest absolute Gasteiger partial charge is 0.456 e. The third kappa shape index (κ3) is 10.6. The number of anilines is 4. The predicted molar refractivity (Wildman–Crippen MR) is 375 cm³/mol. The summed E-state index contributed by atoms with van der Waals surface area (Å²) in [6.45, 7) is 38.0. The van der Waals surface area contributed by atoms with Crippen LogP contribution in [0.1, 0.15) is 139 Å². The number of furan rings is 1. The van der Waals surface area contributed by atoms with Gasteiger partial charge in [0, 0.05) is 50.5 Å². The molecule has 7 aliphatic rings. The number of nitrogens with one attached hydrogen (secondary N) is 1. The maximum absolute atomic E-state index is 6.38. The van der Waals surface area contributed by atoms with Crippen LogP contribution in [0.25, 0.3) is 27.7 Å². The molecule has 0 radical (unpaired) electrons. The fourth-order valence-corrected chi connectivity index (χ4v) is 16.4. The minimum absolute atomic E-state index is 0.0609. The molecule has 1 aliphatic heterocycles. The van der Waals surface area contributed by atoms with E-state index in [-0.39, 0.29) is 39.8 Å². The van der Waals surface area contributed by atoms with E-state index in [9.17, 15) is 0 Å². The van der Waals surface area contributed by atoms with E-state index in [2.05, 4.69) is 261 Å². The van der Waals surface area contributed by atoms with Crippen molar-refractivity contribution in [2.24, 2.45) is 21.7 Å². The van der Waals surface area contributed by atoms with Crippen LogP contribution < -0.4 is 20.6 Å². The van der Waals surface area contributed by atoms with Gasteiger partial charge in [0.15, 0.2) is 0 Å². The summed E-state index contributed by atoms with van der Waals surface area (Å²) in [5.41, 5.74) is 29.3. The number of allylic oxidation sites excluding steroid dienone is 11. The molecule has 0 amide bonds. The number of hydrogen-bond donors (Lipinski definition) is 1. The Morgan fingerprint density at radius 1 is 0.670 bits per heavy atom.